The van der Waals surface area contributed by atoms with Crippen molar-refractivity contribution in [2.24, 2.45) is 0 Å². The fourth-order valence-corrected chi connectivity index (χ4v) is 1.56. The van der Waals surface area contributed by atoms with Gasteiger partial charge in [-0.25, -0.2) is 0 Å². The molecule has 0 saturated carbocycles. The van der Waals surface area contributed by atoms with Crippen LogP contribution in [0.5, 0.6) is 11.5 Å². The van der Waals surface area contributed by atoms with Gasteiger partial charge in [0.1, 0.15) is 18.1 Å². The standard InChI is InChI=1S/C15H25NO3/c1-15(2,3)16-11-12-10-13(18-5)6-7-14(12)19-9-8-17-4/h6-7,10,16H,8-9,11H2,1-5H3. The van der Waals surface area contributed by atoms with Gasteiger partial charge in [-0.05, 0) is 39.0 Å². The van der Waals surface area contributed by atoms with Crippen LogP contribution >= 0.6 is 0 Å². The van der Waals surface area contributed by atoms with Gasteiger partial charge in [-0.2, -0.15) is 0 Å². The van der Waals surface area contributed by atoms with Crippen molar-refractivity contribution in [3.63, 3.8) is 0 Å². The van der Waals surface area contributed by atoms with Crippen LogP contribution < -0.4 is 14.8 Å². The second-order valence-electron chi connectivity index (χ2n) is 5.42. The van der Waals surface area contributed by atoms with Gasteiger partial charge in [0, 0.05) is 24.8 Å². The van der Waals surface area contributed by atoms with Crippen LogP contribution in [0.3, 0.4) is 0 Å². The largest absolute Gasteiger partial charge is 0.497 e. The summed E-state index contributed by atoms with van der Waals surface area (Å²) in [4.78, 5) is 0. The van der Waals surface area contributed by atoms with Gasteiger partial charge in [-0.15, -0.1) is 0 Å². The van der Waals surface area contributed by atoms with Crippen molar-refractivity contribution in [1.82, 2.24) is 5.32 Å². The molecule has 0 atom stereocenters. The Labute approximate surface area is 116 Å². The van der Waals surface area contributed by atoms with E-state index in [2.05, 4.69) is 26.1 Å². The van der Waals surface area contributed by atoms with E-state index in [0.29, 0.717) is 13.2 Å². The number of nitrogens with one attached hydrogen (secondary N) is 1. The number of hydrogen-bond acceptors (Lipinski definition) is 4. The second kappa shape index (κ2) is 7.36. The summed E-state index contributed by atoms with van der Waals surface area (Å²) in [5, 5.41) is 3.45. The van der Waals surface area contributed by atoms with Gasteiger partial charge in [0.2, 0.25) is 0 Å². The Morgan fingerprint density at radius 3 is 2.42 bits per heavy atom. The second-order valence-corrected chi connectivity index (χ2v) is 5.42. The van der Waals surface area contributed by atoms with Gasteiger partial charge < -0.3 is 19.5 Å². The van der Waals surface area contributed by atoms with Gasteiger partial charge in [-0.1, -0.05) is 0 Å². The summed E-state index contributed by atoms with van der Waals surface area (Å²) in [7, 11) is 3.33. The van der Waals surface area contributed by atoms with E-state index in [4.69, 9.17) is 14.2 Å². The maximum Gasteiger partial charge on any atom is 0.124 e. The maximum atomic E-state index is 5.72. The minimum Gasteiger partial charge on any atom is -0.497 e. The highest BCUT2D eigenvalue weighted by molar-refractivity contribution is 5.40. The average Bonchev–Trinajstić information content (AvgIpc) is 2.36. The summed E-state index contributed by atoms with van der Waals surface area (Å²) in [5.41, 5.74) is 1.15. The number of ether oxygens (including phenoxy) is 3. The number of benzene rings is 1. The molecule has 1 N–H and O–H groups in total. The predicted molar refractivity (Wildman–Crippen MR) is 77.0 cm³/mol. The Kier molecular flexibility index (Phi) is 6.12. The maximum absolute atomic E-state index is 5.72. The molecule has 0 heterocycles. The summed E-state index contributed by atoms with van der Waals surface area (Å²) in [6, 6.07) is 5.85. The minimum absolute atomic E-state index is 0.0624. The molecule has 0 bridgehead atoms. The molecular weight excluding hydrogens is 242 g/mol. The molecule has 0 radical (unpaired) electrons. The fraction of sp³-hybridized carbons (Fsp3) is 0.600. The quantitative estimate of drug-likeness (QED) is 0.771. The smallest absolute Gasteiger partial charge is 0.124 e. The lowest BCUT2D eigenvalue weighted by Crippen LogP contribution is -2.35. The first kappa shape index (κ1) is 15.8. The molecule has 0 aliphatic heterocycles. The van der Waals surface area contributed by atoms with Crippen molar-refractivity contribution >= 4 is 0 Å². The van der Waals surface area contributed by atoms with E-state index in [-0.39, 0.29) is 5.54 Å². The molecule has 4 heteroatoms. The van der Waals surface area contributed by atoms with Crippen LogP contribution in [0.2, 0.25) is 0 Å². The van der Waals surface area contributed by atoms with Gasteiger partial charge in [-0.3, -0.25) is 0 Å². The van der Waals surface area contributed by atoms with Crippen LogP contribution in [0.1, 0.15) is 26.3 Å². The van der Waals surface area contributed by atoms with Gasteiger partial charge >= 0.3 is 0 Å². The normalized spacial score (nSPS) is 11.4. The van der Waals surface area contributed by atoms with E-state index in [1.54, 1.807) is 14.2 Å². The number of rotatable bonds is 7. The molecule has 0 saturated heterocycles. The van der Waals surface area contributed by atoms with Crippen molar-refractivity contribution < 1.29 is 14.2 Å². The summed E-state index contributed by atoms with van der Waals surface area (Å²) < 4.78 is 16.0. The first-order chi connectivity index (χ1) is 8.96. The summed E-state index contributed by atoms with van der Waals surface area (Å²) >= 11 is 0. The molecule has 1 aromatic carbocycles. The molecule has 1 rings (SSSR count). The van der Waals surface area contributed by atoms with Crippen molar-refractivity contribution in [1.29, 1.82) is 0 Å². The molecule has 0 fully saturated rings. The van der Waals surface area contributed by atoms with Crippen LogP contribution in [-0.2, 0) is 11.3 Å². The van der Waals surface area contributed by atoms with Crippen LogP contribution in [0.25, 0.3) is 0 Å². The molecule has 0 aromatic heterocycles. The van der Waals surface area contributed by atoms with E-state index in [1.165, 1.54) is 0 Å². The van der Waals surface area contributed by atoms with Crippen molar-refractivity contribution in [2.75, 3.05) is 27.4 Å². The van der Waals surface area contributed by atoms with Crippen LogP contribution in [0.15, 0.2) is 18.2 Å². The highest BCUT2D eigenvalue weighted by Gasteiger charge is 2.12. The Morgan fingerprint density at radius 1 is 1.11 bits per heavy atom. The van der Waals surface area contributed by atoms with Crippen LogP contribution in [0, 0.1) is 0 Å². The third kappa shape index (κ3) is 5.94. The summed E-state index contributed by atoms with van der Waals surface area (Å²) in [6.45, 7) is 8.28. The third-order valence-corrected chi connectivity index (χ3v) is 2.62. The van der Waals surface area contributed by atoms with Gasteiger partial charge in [0.25, 0.3) is 0 Å². The monoisotopic (exact) mass is 267 g/mol. The molecule has 0 amide bonds. The van der Waals surface area contributed by atoms with Crippen LogP contribution in [-0.4, -0.2) is 33.0 Å². The van der Waals surface area contributed by atoms with E-state index in [9.17, 15) is 0 Å². The zero-order valence-electron chi connectivity index (χ0n) is 12.6. The minimum atomic E-state index is 0.0624. The topological polar surface area (TPSA) is 39.7 Å². The third-order valence-electron chi connectivity index (χ3n) is 2.62. The Balaban J connectivity index is 2.77. The lowest BCUT2D eigenvalue weighted by atomic mass is 10.1. The molecule has 4 nitrogen and oxygen atoms in total. The van der Waals surface area contributed by atoms with Crippen LogP contribution in [0.4, 0.5) is 0 Å². The SMILES string of the molecule is COCCOc1ccc(OC)cc1CNC(C)(C)C. The Morgan fingerprint density at radius 2 is 1.84 bits per heavy atom. The van der Waals surface area contributed by atoms with Gasteiger partial charge in [0.05, 0.1) is 13.7 Å². The first-order valence-electron chi connectivity index (χ1n) is 6.50. The number of methoxy groups -OCH3 is 2. The highest BCUT2D eigenvalue weighted by Crippen LogP contribution is 2.24. The molecule has 0 unspecified atom stereocenters. The number of hydrogen-bond donors (Lipinski definition) is 1. The fourth-order valence-electron chi connectivity index (χ4n) is 1.56. The Hall–Kier alpha value is -1.26. The first-order valence-corrected chi connectivity index (χ1v) is 6.50. The summed E-state index contributed by atoms with van der Waals surface area (Å²) in [5.74, 6) is 1.71. The Bertz CT molecular complexity index is 385. The average molecular weight is 267 g/mol. The lowest BCUT2D eigenvalue weighted by molar-refractivity contribution is 0.145. The predicted octanol–water partition coefficient (Wildman–Crippen LogP) is 2.61. The highest BCUT2D eigenvalue weighted by atomic mass is 16.5. The molecule has 108 valence electrons. The summed E-state index contributed by atoms with van der Waals surface area (Å²) in [6.07, 6.45) is 0. The zero-order chi connectivity index (χ0) is 14.3. The molecule has 0 spiro atoms. The molecular formula is C15H25NO3. The molecule has 1 aromatic rings. The van der Waals surface area contributed by atoms with Gasteiger partial charge in [0.15, 0.2) is 0 Å². The molecule has 0 aliphatic carbocycles. The van der Waals surface area contributed by atoms with E-state index in [0.717, 1.165) is 23.6 Å². The lowest BCUT2D eigenvalue weighted by Gasteiger charge is -2.22. The van der Waals surface area contributed by atoms with Crippen molar-refractivity contribution in [2.45, 2.75) is 32.9 Å². The molecule has 0 aliphatic rings. The van der Waals surface area contributed by atoms with E-state index < -0.39 is 0 Å². The van der Waals surface area contributed by atoms with E-state index >= 15 is 0 Å². The van der Waals surface area contributed by atoms with Crippen molar-refractivity contribution in [3.05, 3.63) is 23.8 Å². The van der Waals surface area contributed by atoms with Crippen molar-refractivity contribution in [3.8, 4) is 11.5 Å². The zero-order valence-corrected chi connectivity index (χ0v) is 12.6. The molecule has 19 heavy (non-hydrogen) atoms. The van der Waals surface area contributed by atoms with E-state index in [1.807, 2.05) is 18.2 Å².